The molecule has 0 aromatic heterocycles. The summed E-state index contributed by atoms with van der Waals surface area (Å²) in [6.07, 6.45) is 0.939. The lowest BCUT2D eigenvalue weighted by atomic mass is 9.89. The lowest BCUT2D eigenvalue weighted by Crippen LogP contribution is -2.24. The highest BCUT2D eigenvalue weighted by Gasteiger charge is 2.17. The van der Waals surface area contributed by atoms with Crippen molar-refractivity contribution in [1.29, 1.82) is 0 Å². The van der Waals surface area contributed by atoms with Gasteiger partial charge in [-0.25, -0.2) is 0 Å². The summed E-state index contributed by atoms with van der Waals surface area (Å²) in [5, 5.41) is 12.9. The maximum Gasteiger partial charge on any atom is 0.115 e. The molecule has 2 nitrogen and oxygen atoms in total. The molecule has 0 amide bonds. The molecule has 2 aromatic rings. The van der Waals surface area contributed by atoms with Crippen LogP contribution >= 0.6 is 0 Å². The van der Waals surface area contributed by atoms with Gasteiger partial charge in [0.15, 0.2) is 0 Å². The minimum atomic E-state index is 0.323. The average molecular weight is 255 g/mol. The van der Waals surface area contributed by atoms with Crippen LogP contribution in [0.5, 0.6) is 5.75 Å². The number of phenols is 1. The molecule has 2 N–H and O–H groups in total. The largest absolute Gasteiger partial charge is 0.508 e. The predicted molar refractivity (Wildman–Crippen MR) is 79.2 cm³/mol. The second-order valence-corrected chi connectivity index (χ2v) is 5.03. The first kappa shape index (κ1) is 13.6. The van der Waals surface area contributed by atoms with E-state index in [1.807, 2.05) is 25.2 Å². The number of aromatic hydroxyl groups is 1. The highest BCUT2D eigenvalue weighted by molar-refractivity contribution is 5.28. The van der Waals surface area contributed by atoms with Crippen LogP contribution in [-0.4, -0.2) is 12.2 Å². The van der Waals surface area contributed by atoms with Crippen molar-refractivity contribution in [2.24, 2.45) is 5.92 Å². The Kier molecular flexibility index (Phi) is 4.58. The van der Waals surface area contributed by atoms with Crippen molar-refractivity contribution in [1.82, 2.24) is 5.32 Å². The van der Waals surface area contributed by atoms with Crippen LogP contribution in [0.2, 0.25) is 0 Å². The topological polar surface area (TPSA) is 32.3 Å². The number of hydrogen-bond acceptors (Lipinski definition) is 2. The summed E-state index contributed by atoms with van der Waals surface area (Å²) >= 11 is 0. The van der Waals surface area contributed by atoms with Gasteiger partial charge < -0.3 is 10.4 Å². The monoisotopic (exact) mass is 255 g/mol. The predicted octanol–water partition coefficient (Wildman–Crippen LogP) is 3.53. The van der Waals surface area contributed by atoms with E-state index < -0.39 is 0 Å². The van der Waals surface area contributed by atoms with Crippen molar-refractivity contribution < 1.29 is 5.11 Å². The van der Waals surface area contributed by atoms with Gasteiger partial charge >= 0.3 is 0 Å². The van der Waals surface area contributed by atoms with Crippen LogP contribution in [0.25, 0.3) is 0 Å². The van der Waals surface area contributed by atoms with E-state index in [1.165, 1.54) is 11.1 Å². The van der Waals surface area contributed by atoms with Crippen LogP contribution in [-0.2, 0) is 6.42 Å². The minimum Gasteiger partial charge on any atom is -0.508 e. The highest BCUT2D eigenvalue weighted by Crippen LogP contribution is 2.25. The van der Waals surface area contributed by atoms with Gasteiger partial charge in [0.1, 0.15) is 5.75 Å². The molecule has 100 valence electrons. The van der Waals surface area contributed by atoms with Gasteiger partial charge in [-0.05, 0) is 42.6 Å². The molecule has 2 rings (SSSR count). The Hall–Kier alpha value is -1.80. The second kappa shape index (κ2) is 6.39. The first-order chi connectivity index (χ1) is 9.20. The number of nitrogens with one attached hydrogen (secondary N) is 1. The van der Waals surface area contributed by atoms with Crippen LogP contribution in [0.15, 0.2) is 54.6 Å². The van der Waals surface area contributed by atoms with Gasteiger partial charge in [-0.2, -0.15) is 0 Å². The number of benzene rings is 2. The minimum absolute atomic E-state index is 0.323. The smallest absolute Gasteiger partial charge is 0.115 e. The van der Waals surface area contributed by atoms with Crippen molar-refractivity contribution in [2.45, 2.75) is 19.4 Å². The summed E-state index contributed by atoms with van der Waals surface area (Å²) in [6.45, 7) is 2.23. The third-order valence-electron chi connectivity index (χ3n) is 3.51. The third kappa shape index (κ3) is 3.58. The lowest BCUT2D eigenvalue weighted by molar-refractivity contribution is 0.408. The molecule has 0 aliphatic carbocycles. The molecular formula is C17H21NO. The molecule has 0 saturated heterocycles. The van der Waals surface area contributed by atoms with E-state index in [-0.39, 0.29) is 0 Å². The molecule has 2 unspecified atom stereocenters. The summed E-state index contributed by atoms with van der Waals surface area (Å²) in [5.74, 6) is 0.791. The number of hydrogen-bond donors (Lipinski definition) is 2. The van der Waals surface area contributed by atoms with Crippen molar-refractivity contribution in [3.8, 4) is 5.75 Å². The molecule has 0 spiro atoms. The Labute approximate surface area is 115 Å². The Bertz CT molecular complexity index is 510. The average Bonchev–Trinajstić information content (AvgIpc) is 2.41. The Balaban J connectivity index is 2.11. The molecule has 0 aliphatic heterocycles. The fourth-order valence-corrected chi connectivity index (χ4v) is 2.61. The Morgan fingerprint density at radius 3 is 2.42 bits per heavy atom. The normalized spacial score (nSPS) is 14.0. The van der Waals surface area contributed by atoms with Crippen molar-refractivity contribution >= 4 is 0 Å². The fourth-order valence-electron chi connectivity index (χ4n) is 2.61. The van der Waals surface area contributed by atoms with Crippen LogP contribution in [0.1, 0.15) is 24.1 Å². The van der Waals surface area contributed by atoms with Gasteiger partial charge in [-0.3, -0.25) is 0 Å². The van der Waals surface area contributed by atoms with E-state index in [0.717, 1.165) is 6.42 Å². The summed E-state index contributed by atoms with van der Waals surface area (Å²) in [5.41, 5.74) is 2.47. The van der Waals surface area contributed by atoms with Crippen molar-refractivity contribution in [3.63, 3.8) is 0 Å². The molecule has 0 radical (unpaired) electrons. The summed E-state index contributed by atoms with van der Waals surface area (Å²) in [7, 11) is 2.00. The summed E-state index contributed by atoms with van der Waals surface area (Å²) in [6, 6.07) is 18.3. The van der Waals surface area contributed by atoms with Gasteiger partial charge in [0.05, 0.1) is 0 Å². The zero-order valence-corrected chi connectivity index (χ0v) is 11.5. The molecule has 19 heavy (non-hydrogen) atoms. The maximum absolute atomic E-state index is 9.52. The van der Waals surface area contributed by atoms with E-state index >= 15 is 0 Å². The van der Waals surface area contributed by atoms with Crippen molar-refractivity contribution in [2.75, 3.05) is 7.05 Å². The van der Waals surface area contributed by atoms with Crippen molar-refractivity contribution in [3.05, 3.63) is 65.7 Å². The molecule has 0 bridgehead atoms. The molecular weight excluding hydrogens is 234 g/mol. The molecule has 2 heteroatoms. The third-order valence-corrected chi connectivity index (χ3v) is 3.51. The van der Waals surface area contributed by atoms with E-state index in [2.05, 4.69) is 42.6 Å². The van der Waals surface area contributed by atoms with E-state index in [4.69, 9.17) is 0 Å². The first-order valence-electron chi connectivity index (χ1n) is 6.71. The number of rotatable bonds is 5. The molecule has 0 saturated carbocycles. The second-order valence-electron chi connectivity index (χ2n) is 5.03. The fraction of sp³-hybridized carbons (Fsp3) is 0.294. The van der Waals surface area contributed by atoms with Crippen LogP contribution in [0, 0.1) is 5.92 Å². The Morgan fingerprint density at radius 2 is 1.79 bits per heavy atom. The van der Waals surface area contributed by atoms with Gasteiger partial charge in [0, 0.05) is 6.04 Å². The Morgan fingerprint density at radius 1 is 1.05 bits per heavy atom. The van der Waals surface area contributed by atoms with Gasteiger partial charge in [0.25, 0.3) is 0 Å². The van der Waals surface area contributed by atoms with Gasteiger partial charge in [0.2, 0.25) is 0 Å². The molecule has 0 heterocycles. The highest BCUT2D eigenvalue weighted by atomic mass is 16.3. The SMILES string of the molecule is CNC(c1ccccc1)C(C)Cc1cccc(O)c1. The molecule has 2 aromatic carbocycles. The standard InChI is InChI=1S/C17H21NO/c1-13(11-14-7-6-10-16(19)12-14)17(18-2)15-8-4-3-5-9-15/h3-10,12-13,17-19H,11H2,1-2H3. The molecule has 2 atom stereocenters. The van der Waals surface area contributed by atoms with E-state index in [1.54, 1.807) is 6.07 Å². The van der Waals surface area contributed by atoms with Gasteiger partial charge in [-0.15, -0.1) is 0 Å². The molecule has 0 aliphatic rings. The number of phenolic OH excluding ortho intramolecular Hbond substituents is 1. The van der Waals surface area contributed by atoms with E-state index in [0.29, 0.717) is 17.7 Å². The van der Waals surface area contributed by atoms with Gasteiger partial charge in [-0.1, -0.05) is 49.4 Å². The van der Waals surface area contributed by atoms with Crippen LogP contribution in [0.3, 0.4) is 0 Å². The quantitative estimate of drug-likeness (QED) is 0.856. The zero-order valence-electron chi connectivity index (χ0n) is 11.5. The first-order valence-corrected chi connectivity index (χ1v) is 6.71. The maximum atomic E-state index is 9.52. The molecule has 0 fully saturated rings. The van der Waals surface area contributed by atoms with E-state index in [9.17, 15) is 5.11 Å². The summed E-state index contributed by atoms with van der Waals surface area (Å²) < 4.78 is 0. The van der Waals surface area contributed by atoms with Crippen LogP contribution < -0.4 is 5.32 Å². The van der Waals surface area contributed by atoms with Crippen LogP contribution in [0.4, 0.5) is 0 Å². The lowest BCUT2D eigenvalue weighted by Gasteiger charge is -2.24. The zero-order chi connectivity index (χ0) is 13.7. The summed E-state index contributed by atoms with van der Waals surface area (Å²) in [4.78, 5) is 0.